The maximum absolute atomic E-state index is 13.0. The van der Waals surface area contributed by atoms with Crippen LogP contribution in [-0.4, -0.2) is 36.9 Å². The van der Waals surface area contributed by atoms with Gasteiger partial charge in [-0.3, -0.25) is 4.79 Å². The summed E-state index contributed by atoms with van der Waals surface area (Å²) in [6.07, 6.45) is 4.93. The molecule has 31 heavy (non-hydrogen) atoms. The molecule has 9 nitrogen and oxygen atoms in total. The van der Waals surface area contributed by atoms with E-state index in [2.05, 4.69) is 25.8 Å². The van der Waals surface area contributed by atoms with Crippen molar-refractivity contribution in [2.75, 3.05) is 17.2 Å². The SMILES string of the molecule is CC(C)(C)Nc1nc(Nc2cc(-c3ccno3)ccn2)cc2ccn(CCO)c(=O)c12. The quantitative estimate of drug-likeness (QED) is 0.434. The Morgan fingerprint density at radius 1 is 1.13 bits per heavy atom. The smallest absolute Gasteiger partial charge is 0.262 e. The molecule has 0 radical (unpaired) electrons. The molecule has 9 heteroatoms. The lowest BCUT2D eigenvalue weighted by Crippen LogP contribution is -2.29. The fourth-order valence-corrected chi connectivity index (χ4v) is 3.24. The van der Waals surface area contributed by atoms with Crippen LogP contribution >= 0.6 is 0 Å². The number of nitrogens with zero attached hydrogens (tertiary/aromatic N) is 4. The van der Waals surface area contributed by atoms with Gasteiger partial charge in [0, 0.05) is 36.1 Å². The molecule has 0 aliphatic rings. The molecule has 0 saturated heterocycles. The molecule has 4 rings (SSSR count). The van der Waals surface area contributed by atoms with Gasteiger partial charge in [0.1, 0.15) is 17.5 Å². The molecular weight excluding hydrogens is 396 g/mol. The fraction of sp³-hybridized carbons (Fsp3) is 0.273. The molecule has 0 aliphatic heterocycles. The van der Waals surface area contributed by atoms with Gasteiger partial charge in [0.05, 0.1) is 18.2 Å². The second kappa shape index (κ2) is 8.19. The Labute approximate surface area is 178 Å². The number of nitrogens with one attached hydrogen (secondary N) is 2. The number of aromatic nitrogens is 4. The molecule has 0 aliphatic carbocycles. The number of hydrogen-bond donors (Lipinski definition) is 3. The number of anilines is 3. The Balaban J connectivity index is 1.78. The van der Waals surface area contributed by atoms with Crippen LogP contribution in [-0.2, 0) is 6.54 Å². The minimum Gasteiger partial charge on any atom is -0.395 e. The number of aliphatic hydroxyl groups excluding tert-OH is 1. The second-order valence-corrected chi connectivity index (χ2v) is 8.16. The molecule has 0 amide bonds. The number of hydrogen-bond acceptors (Lipinski definition) is 8. The van der Waals surface area contributed by atoms with Crippen molar-refractivity contribution in [1.82, 2.24) is 19.7 Å². The highest BCUT2D eigenvalue weighted by atomic mass is 16.5. The number of pyridine rings is 3. The summed E-state index contributed by atoms with van der Waals surface area (Å²) in [5.41, 5.74) is 0.311. The predicted molar refractivity (Wildman–Crippen MR) is 119 cm³/mol. The van der Waals surface area contributed by atoms with Crippen molar-refractivity contribution in [2.24, 2.45) is 0 Å². The van der Waals surface area contributed by atoms with Gasteiger partial charge in [-0.25, -0.2) is 9.97 Å². The molecule has 0 atom stereocenters. The first-order chi connectivity index (χ1) is 14.8. The first kappa shape index (κ1) is 20.5. The van der Waals surface area contributed by atoms with Gasteiger partial charge in [0.2, 0.25) is 0 Å². The van der Waals surface area contributed by atoms with E-state index in [-0.39, 0.29) is 24.2 Å². The summed E-state index contributed by atoms with van der Waals surface area (Å²) < 4.78 is 6.69. The van der Waals surface area contributed by atoms with Crippen molar-refractivity contribution >= 4 is 28.2 Å². The lowest BCUT2D eigenvalue weighted by Gasteiger charge is -2.23. The summed E-state index contributed by atoms with van der Waals surface area (Å²) in [5, 5.41) is 20.7. The summed E-state index contributed by atoms with van der Waals surface area (Å²) in [6.45, 7) is 6.10. The molecule has 4 aromatic rings. The molecule has 160 valence electrons. The number of fused-ring (bicyclic) bond motifs is 1. The van der Waals surface area contributed by atoms with Gasteiger partial charge < -0.3 is 24.8 Å². The first-order valence-electron chi connectivity index (χ1n) is 9.91. The van der Waals surface area contributed by atoms with Crippen molar-refractivity contribution in [1.29, 1.82) is 0 Å². The minimum atomic E-state index is -0.312. The second-order valence-electron chi connectivity index (χ2n) is 8.16. The lowest BCUT2D eigenvalue weighted by atomic mass is 10.1. The van der Waals surface area contributed by atoms with Gasteiger partial charge in [0.15, 0.2) is 5.76 Å². The molecule has 0 fully saturated rings. The monoisotopic (exact) mass is 420 g/mol. The largest absolute Gasteiger partial charge is 0.395 e. The van der Waals surface area contributed by atoms with E-state index in [1.165, 1.54) is 4.57 Å². The third-order valence-electron chi connectivity index (χ3n) is 4.53. The third kappa shape index (κ3) is 4.56. The number of rotatable bonds is 6. The van der Waals surface area contributed by atoms with Crippen molar-refractivity contribution in [2.45, 2.75) is 32.9 Å². The molecule has 4 aromatic heterocycles. The topological polar surface area (TPSA) is 118 Å². The Morgan fingerprint density at radius 3 is 2.68 bits per heavy atom. The van der Waals surface area contributed by atoms with E-state index in [1.54, 1.807) is 30.7 Å². The highest BCUT2D eigenvalue weighted by molar-refractivity contribution is 5.93. The molecule has 4 heterocycles. The summed E-state index contributed by atoms with van der Waals surface area (Å²) in [4.78, 5) is 22.0. The zero-order valence-electron chi connectivity index (χ0n) is 17.6. The highest BCUT2D eigenvalue weighted by Gasteiger charge is 2.17. The van der Waals surface area contributed by atoms with Gasteiger partial charge in [-0.1, -0.05) is 5.16 Å². The van der Waals surface area contributed by atoms with E-state index < -0.39 is 0 Å². The minimum absolute atomic E-state index is 0.117. The number of aliphatic hydroxyl groups is 1. The average molecular weight is 420 g/mol. The summed E-state index contributed by atoms with van der Waals surface area (Å²) in [7, 11) is 0. The van der Waals surface area contributed by atoms with Crippen molar-refractivity contribution in [3.8, 4) is 11.3 Å². The van der Waals surface area contributed by atoms with Crippen LogP contribution in [0.15, 0.2) is 58.2 Å². The van der Waals surface area contributed by atoms with Gasteiger partial charge in [-0.05, 0) is 50.4 Å². The maximum Gasteiger partial charge on any atom is 0.262 e. The van der Waals surface area contributed by atoms with Crippen LogP contribution < -0.4 is 16.2 Å². The van der Waals surface area contributed by atoms with Crippen LogP contribution in [0.25, 0.3) is 22.1 Å². The van der Waals surface area contributed by atoms with Crippen molar-refractivity contribution < 1.29 is 9.63 Å². The fourth-order valence-electron chi connectivity index (χ4n) is 3.24. The molecule has 0 bridgehead atoms. The Morgan fingerprint density at radius 2 is 1.97 bits per heavy atom. The van der Waals surface area contributed by atoms with E-state index in [9.17, 15) is 9.90 Å². The van der Waals surface area contributed by atoms with E-state index >= 15 is 0 Å². The van der Waals surface area contributed by atoms with Crippen molar-refractivity contribution in [3.05, 3.63) is 59.3 Å². The van der Waals surface area contributed by atoms with Crippen LogP contribution in [0.2, 0.25) is 0 Å². The Kier molecular flexibility index (Phi) is 5.43. The van der Waals surface area contributed by atoms with Gasteiger partial charge in [-0.2, -0.15) is 0 Å². The van der Waals surface area contributed by atoms with E-state index in [0.29, 0.717) is 28.6 Å². The van der Waals surface area contributed by atoms with Crippen LogP contribution in [0, 0.1) is 0 Å². The Bertz CT molecular complexity index is 1260. The standard InChI is InChI=1S/C22H24N6O3/c1-22(2,3)27-20-19-15(6-9-28(10-11-29)21(19)30)13-18(26-20)25-17-12-14(4-7-23-17)16-5-8-24-31-16/h4-9,12-13,29H,10-11H2,1-3H3,(H2,23,25,26,27). The van der Waals surface area contributed by atoms with E-state index in [1.807, 2.05) is 39.0 Å². The van der Waals surface area contributed by atoms with Crippen LogP contribution in [0.1, 0.15) is 20.8 Å². The maximum atomic E-state index is 13.0. The van der Waals surface area contributed by atoms with Gasteiger partial charge >= 0.3 is 0 Å². The van der Waals surface area contributed by atoms with Crippen LogP contribution in [0.3, 0.4) is 0 Å². The highest BCUT2D eigenvalue weighted by Crippen LogP contribution is 2.27. The molecular formula is C22H24N6O3. The van der Waals surface area contributed by atoms with E-state index in [0.717, 1.165) is 10.9 Å². The molecule has 0 spiro atoms. The van der Waals surface area contributed by atoms with Crippen LogP contribution in [0.5, 0.6) is 0 Å². The van der Waals surface area contributed by atoms with Crippen LogP contribution in [0.4, 0.5) is 17.5 Å². The average Bonchev–Trinajstić information content (AvgIpc) is 3.24. The van der Waals surface area contributed by atoms with Gasteiger partial charge in [0.25, 0.3) is 5.56 Å². The molecule has 3 N–H and O–H groups in total. The molecule has 0 unspecified atom stereocenters. The zero-order chi connectivity index (χ0) is 22.0. The normalized spacial score (nSPS) is 11.6. The summed E-state index contributed by atoms with van der Waals surface area (Å²) in [6, 6.07) is 9.08. The summed E-state index contributed by atoms with van der Waals surface area (Å²) in [5.74, 6) is 2.23. The summed E-state index contributed by atoms with van der Waals surface area (Å²) >= 11 is 0. The lowest BCUT2D eigenvalue weighted by molar-refractivity contribution is 0.274. The molecule has 0 aromatic carbocycles. The van der Waals surface area contributed by atoms with E-state index in [4.69, 9.17) is 4.52 Å². The van der Waals surface area contributed by atoms with Crippen molar-refractivity contribution in [3.63, 3.8) is 0 Å². The first-order valence-corrected chi connectivity index (χ1v) is 9.91. The molecule has 0 saturated carbocycles. The zero-order valence-corrected chi connectivity index (χ0v) is 17.6. The Hall–Kier alpha value is -3.72. The predicted octanol–water partition coefficient (Wildman–Crippen LogP) is 3.39. The van der Waals surface area contributed by atoms with Gasteiger partial charge in [-0.15, -0.1) is 0 Å². The third-order valence-corrected chi connectivity index (χ3v) is 4.53.